The van der Waals surface area contributed by atoms with Gasteiger partial charge in [-0.2, -0.15) is 0 Å². The highest BCUT2D eigenvalue weighted by atomic mass is 127. The van der Waals surface area contributed by atoms with Gasteiger partial charge in [-0.05, 0) is 92.7 Å². The minimum Gasteiger partial charge on any atom is -0.487 e. The van der Waals surface area contributed by atoms with E-state index in [1.54, 1.807) is 18.2 Å². The first-order valence-electron chi connectivity index (χ1n) is 9.40. The fourth-order valence-electron chi connectivity index (χ4n) is 2.88. The molecule has 0 saturated carbocycles. The molecule has 2 amide bonds. The second-order valence-corrected chi connectivity index (χ2v) is 10.0. The number of amides is 2. The molecule has 1 heterocycles. The van der Waals surface area contributed by atoms with Crippen LogP contribution in [-0.4, -0.2) is 27.5 Å². The monoisotopic (exact) mass is 664 g/mol. The number of hydrogen-bond acceptors (Lipinski definition) is 6. The van der Waals surface area contributed by atoms with Gasteiger partial charge in [0.15, 0.2) is 0 Å². The fraction of sp³-hybridized carbons (Fsp3) is 0.238. The molecule has 0 atom stereocenters. The standard InChI is InChI=1S/C21H18I2N2O5S/c1-2-3-7-24-20(26)18(31-21(24)27)11-14-9-16(22)19(17(23)10-14)30-12-13-5-4-6-15(8-13)25(28)29/h4-6,8-11H,2-3,7,12H2,1H3/b18-11-. The Morgan fingerprint density at radius 3 is 2.55 bits per heavy atom. The van der Waals surface area contributed by atoms with Gasteiger partial charge >= 0.3 is 0 Å². The molecule has 1 saturated heterocycles. The number of carbonyl (C=O) groups excluding carboxylic acids is 2. The number of non-ortho nitro benzene ring substituents is 1. The maximum absolute atomic E-state index is 12.5. The summed E-state index contributed by atoms with van der Waals surface area (Å²) in [6, 6.07) is 10.1. The summed E-state index contributed by atoms with van der Waals surface area (Å²) in [5.41, 5.74) is 1.52. The van der Waals surface area contributed by atoms with Crippen molar-refractivity contribution in [3.05, 3.63) is 69.7 Å². The normalized spacial score (nSPS) is 15.1. The molecule has 1 aliphatic heterocycles. The molecule has 0 bridgehead atoms. The van der Waals surface area contributed by atoms with E-state index in [0.29, 0.717) is 22.8 Å². The summed E-state index contributed by atoms with van der Waals surface area (Å²) in [4.78, 5) is 36.9. The van der Waals surface area contributed by atoms with E-state index in [9.17, 15) is 19.7 Å². The van der Waals surface area contributed by atoms with E-state index in [-0.39, 0.29) is 23.4 Å². The third kappa shape index (κ3) is 5.98. The van der Waals surface area contributed by atoms with Gasteiger partial charge in [0.25, 0.3) is 16.8 Å². The summed E-state index contributed by atoms with van der Waals surface area (Å²) in [5.74, 6) is 0.417. The zero-order chi connectivity index (χ0) is 22.5. The minimum atomic E-state index is -0.435. The zero-order valence-corrected chi connectivity index (χ0v) is 21.6. The van der Waals surface area contributed by atoms with E-state index >= 15 is 0 Å². The molecule has 0 aromatic heterocycles. The van der Waals surface area contributed by atoms with Crippen LogP contribution in [0.3, 0.4) is 0 Å². The Hall–Kier alpha value is -1.67. The first-order chi connectivity index (χ1) is 14.8. The van der Waals surface area contributed by atoms with Crippen LogP contribution in [0.1, 0.15) is 30.9 Å². The highest BCUT2D eigenvalue weighted by Crippen LogP contribution is 2.35. The molecule has 0 radical (unpaired) electrons. The number of benzene rings is 2. The molecular formula is C21H18I2N2O5S. The van der Waals surface area contributed by atoms with Crippen LogP contribution in [0, 0.1) is 17.3 Å². The Bertz CT molecular complexity index is 1050. The molecule has 0 spiro atoms. The van der Waals surface area contributed by atoms with Crippen LogP contribution in [0.25, 0.3) is 6.08 Å². The number of imide groups is 1. The lowest BCUT2D eigenvalue weighted by Gasteiger charge is -2.12. The van der Waals surface area contributed by atoms with E-state index in [2.05, 4.69) is 45.2 Å². The van der Waals surface area contributed by atoms with Crippen molar-refractivity contribution in [3.8, 4) is 5.75 Å². The largest absolute Gasteiger partial charge is 0.487 e. The van der Waals surface area contributed by atoms with Crippen LogP contribution in [0.4, 0.5) is 10.5 Å². The van der Waals surface area contributed by atoms with Crippen LogP contribution in [0.2, 0.25) is 0 Å². The first-order valence-corrected chi connectivity index (χ1v) is 12.4. The topological polar surface area (TPSA) is 89.8 Å². The van der Waals surface area contributed by atoms with E-state index in [0.717, 1.165) is 37.3 Å². The summed E-state index contributed by atoms with van der Waals surface area (Å²) in [6.07, 6.45) is 3.43. The molecule has 3 rings (SSSR count). The third-order valence-corrected chi connectivity index (χ3v) is 6.94. The van der Waals surface area contributed by atoms with Gasteiger partial charge in [-0.15, -0.1) is 0 Å². The SMILES string of the molecule is CCCCN1C(=O)S/C(=C\c2cc(I)c(OCc3cccc([N+](=O)[O-])c3)c(I)c2)C1=O. The van der Waals surface area contributed by atoms with Gasteiger partial charge in [-0.1, -0.05) is 25.5 Å². The van der Waals surface area contributed by atoms with Crippen LogP contribution < -0.4 is 4.74 Å². The van der Waals surface area contributed by atoms with Crippen LogP contribution in [0.15, 0.2) is 41.3 Å². The molecule has 1 aliphatic rings. The quantitative estimate of drug-likeness (QED) is 0.144. The second-order valence-electron chi connectivity index (χ2n) is 6.72. The zero-order valence-electron chi connectivity index (χ0n) is 16.5. The van der Waals surface area contributed by atoms with Crippen molar-refractivity contribution in [2.45, 2.75) is 26.4 Å². The van der Waals surface area contributed by atoms with E-state index in [1.165, 1.54) is 17.0 Å². The van der Waals surface area contributed by atoms with Gasteiger partial charge in [-0.3, -0.25) is 24.6 Å². The molecule has 1 fully saturated rings. The molecule has 7 nitrogen and oxygen atoms in total. The number of halogens is 2. The third-order valence-electron chi connectivity index (χ3n) is 4.43. The number of unbranched alkanes of at least 4 members (excludes halogenated alkanes) is 1. The van der Waals surface area contributed by atoms with Gasteiger partial charge in [0.05, 0.1) is 17.0 Å². The van der Waals surface area contributed by atoms with Crippen LogP contribution in [0.5, 0.6) is 5.75 Å². The molecule has 2 aromatic carbocycles. The average molecular weight is 664 g/mol. The molecule has 2 aromatic rings. The highest BCUT2D eigenvalue weighted by molar-refractivity contribution is 14.1. The Labute approximate surface area is 211 Å². The average Bonchev–Trinajstić information content (AvgIpc) is 2.98. The summed E-state index contributed by atoms with van der Waals surface area (Å²) in [5, 5.41) is 10.7. The Morgan fingerprint density at radius 1 is 1.19 bits per heavy atom. The van der Waals surface area contributed by atoms with Gasteiger partial charge in [0, 0.05) is 18.7 Å². The van der Waals surface area contributed by atoms with E-state index in [1.807, 2.05) is 19.1 Å². The smallest absolute Gasteiger partial charge is 0.293 e. The lowest BCUT2D eigenvalue weighted by atomic mass is 10.2. The van der Waals surface area contributed by atoms with E-state index < -0.39 is 4.92 Å². The van der Waals surface area contributed by atoms with Gasteiger partial charge < -0.3 is 4.74 Å². The lowest BCUT2D eigenvalue weighted by Crippen LogP contribution is -2.29. The Balaban J connectivity index is 1.76. The first kappa shape index (κ1) is 24.0. The lowest BCUT2D eigenvalue weighted by molar-refractivity contribution is -0.384. The molecule has 0 aliphatic carbocycles. The maximum atomic E-state index is 12.5. The molecule has 0 N–H and O–H groups in total. The molecule has 0 unspecified atom stereocenters. The summed E-state index contributed by atoms with van der Waals surface area (Å²) >= 11 is 5.27. The number of hydrogen-bond donors (Lipinski definition) is 0. The predicted octanol–water partition coefficient (Wildman–Crippen LogP) is 6.22. The van der Waals surface area contributed by atoms with Gasteiger partial charge in [0.1, 0.15) is 12.4 Å². The van der Waals surface area contributed by atoms with Crippen LogP contribution in [-0.2, 0) is 11.4 Å². The molecule has 10 heteroatoms. The number of nitrogens with zero attached hydrogens (tertiary/aromatic N) is 2. The second kappa shape index (κ2) is 10.8. The molecule has 162 valence electrons. The van der Waals surface area contributed by atoms with Crippen molar-refractivity contribution < 1.29 is 19.2 Å². The summed E-state index contributed by atoms with van der Waals surface area (Å²) in [6.45, 7) is 2.66. The van der Waals surface area contributed by atoms with Crippen molar-refractivity contribution in [1.29, 1.82) is 0 Å². The van der Waals surface area contributed by atoms with Crippen molar-refractivity contribution >= 4 is 79.9 Å². The number of thioether (sulfide) groups is 1. The number of rotatable bonds is 8. The Kier molecular flexibility index (Phi) is 8.33. The van der Waals surface area contributed by atoms with Crippen LogP contribution >= 0.6 is 56.9 Å². The fourth-order valence-corrected chi connectivity index (χ4v) is 5.87. The predicted molar refractivity (Wildman–Crippen MR) is 137 cm³/mol. The number of nitro benzene ring substituents is 1. The molecular weight excluding hydrogens is 646 g/mol. The van der Waals surface area contributed by atoms with Gasteiger partial charge in [0.2, 0.25) is 0 Å². The number of carbonyl (C=O) groups is 2. The molecule has 31 heavy (non-hydrogen) atoms. The van der Waals surface area contributed by atoms with Crippen molar-refractivity contribution in [3.63, 3.8) is 0 Å². The highest BCUT2D eigenvalue weighted by Gasteiger charge is 2.34. The minimum absolute atomic E-state index is 0.0220. The number of nitro groups is 1. The van der Waals surface area contributed by atoms with Gasteiger partial charge in [-0.25, -0.2) is 0 Å². The maximum Gasteiger partial charge on any atom is 0.293 e. The van der Waals surface area contributed by atoms with Crippen molar-refractivity contribution in [1.82, 2.24) is 4.90 Å². The number of ether oxygens (including phenoxy) is 1. The van der Waals surface area contributed by atoms with E-state index in [4.69, 9.17) is 4.74 Å². The summed E-state index contributed by atoms with van der Waals surface area (Å²) < 4.78 is 7.60. The van der Waals surface area contributed by atoms with Crippen molar-refractivity contribution in [2.24, 2.45) is 0 Å². The van der Waals surface area contributed by atoms with Crippen molar-refractivity contribution in [2.75, 3.05) is 6.54 Å². The Morgan fingerprint density at radius 2 is 1.90 bits per heavy atom. The summed E-state index contributed by atoms with van der Waals surface area (Å²) in [7, 11) is 0.